The first-order valence-electron chi connectivity index (χ1n) is 5.15. The normalized spacial score (nSPS) is 11.1. The van der Waals surface area contributed by atoms with E-state index >= 15 is 0 Å². The first-order chi connectivity index (χ1) is 6.90. The molecule has 0 radical (unpaired) electrons. The van der Waals surface area contributed by atoms with Gasteiger partial charge in [-0.1, -0.05) is 6.92 Å². The minimum absolute atomic E-state index is 0.0504. The van der Waals surface area contributed by atoms with Crippen LogP contribution in [-0.4, -0.2) is 35.6 Å². The molecule has 5 nitrogen and oxygen atoms in total. The molecule has 0 aromatic rings. The Bertz CT molecular complexity index is 227. The molecule has 0 heterocycles. The molecule has 5 heteroatoms. The van der Waals surface area contributed by atoms with E-state index in [1.165, 1.54) is 0 Å². The number of aliphatic carboxylic acids is 1. The lowest BCUT2D eigenvalue weighted by atomic mass is 10.1. The largest absolute Gasteiger partial charge is 0.480 e. The van der Waals surface area contributed by atoms with Crippen LogP contribution in [0, 0.1) is 0 Å². The van der Waals surface area contributed by atoms with Crippen LogP contribution in [0.15, 0.2) is 0 Å². The number of hydrogen-bond acceptors (Lipinski definition) is 3. The third-order valence-electron chi connectivity index (χ3n) is 2.03. The summed E-state index contributed by atoms with van der Waals surface area (Å²) in [6.07, 6.45) is 1.20. The van der Waals surface area contributed by atoms with E-state index < -0.39 is 11.5 Å². The highest BCUT2D eigenvalue weighted by molar-refractivity contribution is 5.78. The fourth-order valence-electron chi connectivity index (χ4n) is 0.917. The third kappa shape index (κ3) is 6.06. The van der Waals surface area contributed by atoms with Crippen LogP contribution in [0.2, 0.25) is 0 Å². The van der Waals surface area contributed by atoms with Crippen molar-refractivity contribution in [2.24, 2.45) is 0 Å². The third-order valence-corrected chi connectivity index (χ3v) is 2.03. The van der Waals surface area contributed by atoms with E-state index in [9.17, 15) is 9.59 Å². The first kappa shape index (κ1) is 13.9. The van der Waals surface area contributed by atoms with Crippen molar-refractivity contribution in [1.82, 2.24) is 10.6 Å². The lowest BCUT2D eigenvalue weighted by Gasteiger charge is -2.20. The minimum Gasteiger partial charge on any atom is -0.480 e. The number of carboxylic acids is 1. The molecule has 0 saturated carbocycles. The highest BCUT2D eigenvalue weighted by atomic mass is 16.4. The van der Waals surface area contributed by atoms with Gasteiger partial charge in [-0.25, -0.2) is 0 Å². The summed E-state index contributed by atoms with van der Waals surface area (Å²) in [6.45, 7) is 6.15. The molecule has 0 aliphatic carbocycles. The van der Waals surface area contributed by atoms with Gasteiger partial charge in [-0.05, 0) is 20.3 Å². The van der Waals surface area contributed by atoms with Crippen LogP contribution >= 0.6 is 0 Å². The van der Waals surface area contributed by atoms with E-state index in [1.54, 1.807) is 13.8 Å². The van der Waals surface area contributed by atoms with Crippen LogP contribution in [0.3, 0.4) is 0 Å². The zero-order chi connectivity index (χ0) is 11.9. The summed E-state index contributed by atoms with van der Waals surface area (Å²) in [6, 6.07) is 0. The molecule has 0 rings (SSSR count). The maximum Gasteiger partial charge on any atom is 0.323 e. The Balaban J connectivity index is 3.70. The zero-order valence-electron chi connectivity index (χ0n) is 9.59. The quantitative estimate of drug-likeness (QED) is 0.574. The van der Waals surface area contributed by atoms with E-state index in [2.05, 4.69) is 10.6 Å². The number of rotatable bonds is 7. The van der Waals surface area contributed by atoms with E-state index in [4.69, 9.17) is 5.11 Å². The number of carboxylic acid groups (broad SMARTS) is 1. The molecule has 0 bridgehead atoms. The summed E-state index contributed by atoms with van der Waals surface area (Å²) in [5.74, 6) is -0.970. The number of hydrogen-bond donors (Lipinski definition) is 3. The Labute approximate surface area is 90.2 Å². The van der Waals surface area contributed by atoms with Crippen LogP contribution < -0.4 is 10.6 Å². The van der Waals surface area contributed by atoms with Crippen molar-refractivity contribution in [3.63, 3.8) is 0 Å². The van der Waals surface area contributed by atoms with Gasteiger partial charge < -0.3 is 15.7 Å². The van der Waals surface area contributed by atoms with Crippen molar-refractivity contribution in [3.8, 4) is 0 Å². The fraction of sp³-hybridized carbons (Fsp3) is 0.800. The Hall–Kier alpha value is -1.10. The lowest BCUT2D eigenvalue weighted by molar-refractivity contribution is -0.143. The van der Waals surface area contributed by atoms with Crippen molar-refractivity contribution < 1.29 is 14.7 Å². The molecule has 0 aliphatic rings. The summed E-state index contributed by atoms with van der Waals surface area (Å²) in [5, 5.41) is 14.3. The van der Waals surface area contributed by atoms with Gasteiger partial charge in [-0.2, -0.15) is 0 Å². The smallest absolute Gasteiger partial charge is 0.323 e. The van der Waals surface area contributed by atoms with Crippen molar-refractivity contribution >= 4 is 11.9 Å². The van der Waals surface area contributed by atoms with E-state index in [0.29, 0.717) is 19.5 Å². The SMILES string of the molecule is CCCNC(=O)CCNC(C)(C)C(=O)O. The minimum atomic E-state index is -0.981. The van der Waals surface area contributed by atoms with Gasteiger partial charge in [-0.15, -0.1) is 0 Å². The van der Waals surface area contributed by atoms with E-state index in [0.717, 1.165) is 6.42 Å². The molecule has 88 valence electrons. The van der Waals surface area contributed by atoms with E-state index in [1.807, 2.05) is 6.92 Å². The molecular weight excluding hydrogens is 196 g/mol. The average molecular weight is 216 g/mol. The Morgan fingerprint density at radius 1 is 1.27 bits per heavy atom. The van der Waals surface area contributed by atoms with Gasteiger partial charge in [-0.3, -0.25) is 9.59 Å². The number of amides is 1. The van der Waals surface area contributed by atoms with Crippen LogP contribution in [0.25, 0.3) is 0 Å². The number of nitrogens with one attached hydrogen (secondary N) is 2. The summed E-state index contributed by atoms with van der Waals surface area (Å²) in [4.78, 5) is 21.9. The molecule has 1 amide bonds. The van der Waals surface area contributed by atoms with Crippen molar-refractivity contribution in [3.05, 3.63) is 0 Å². The second kappa shape index (κ2) is 6.40. The molecule has 3 N–H and O–H groups in total. The zero-order valence-corrected chi connectivity index (χ0v) is 9.59. The Morgan fingerprint density at radius 2 is 1.87 bits per heavy atom. The number of carbonyl (C=O) groups excluding carboxylic acids is 1. The predicted octanol–water partition coefficient (Wildman–Crippen LogP) is 0.355. The second-order valence-corrected chi connectivity index (χ2v) is 3.96. The molecule has 0 aromatic heterocycles. The fourth-order valence-corrected chi connectivity index (χ4v) is 0.917. The number of carbonyl (C=O) groups is 2. The predicted molar refractivity (Wildman–Crippen MR) is 57.6 cm³/mol. The van der Waals surface area contributed by atoms with Crippen molar-refractivity contribution in [2.45, 2.75) is 39.2 Å². The van der Waals surface area contributed by atoms with Crippen LogP contribution in [0.5, 0.6) is 0 Å². The van der Waals surface area contributed by atoms with Gasteiger partial charge in [0.05, 0.1) is 0 Å². The molecular formula is C10H20N2O3. The lowest BCUT2D eigenvalue weighted by Crippen LogP contribution is -2.47. The monoisotopic (exact) mass is 216 g/mol. The average Bonchev–Trinajstić information content (AvgIpc) is 2.14. The van der Waals surface area contributed by atoms with Crippen LogP contribution in [0.1, 0.15) is 33.6 Å². The summed E-state index contributed by atoms with van der Waals surface area (Å²) in [7, 11) is 0. The van der Waals surface area contributed by atoms with Gasteiger partial charge in [0.2, 0.25) is 5.91 Å². The van der Waals surface area contributed by atoms with Gasteiger partial charge >= 0.3 is 5.97 Å². The molecule has 0 aliphatic heterocycles. The van der Waals surface area contributed by atoms with Gasteiger partial charge in [0.25, 0.3) is 0 Å². The van der Waals surface area contributed by atoms with Gasteiger partial charge in [0.1, 0.15) is 5.54 Å². The summed E-state index contributed by atoms with van der Waals surface area (Å²) >= 11 is 0. The highest BCUT2D eigenvalue weighted by Gasteiger charge is 2.25. The second-order valence-electron chi connectivity index (χ2n) is 3.96. The van der Waals surface area contributed by atoms with Crippen LogP contribution in [-0.2, 0) is 9.59 Å². The molecule has 0 spiro atoms. The topological polar surface area (TPSA) is 78.4 Å². The molecule has 0 saturated heterocycles. The summed E-state index contributed by atoms with van der Waals surface area (Å²) < 4.78 is 0. The molecule has 15 heavy (non-hydrogen) atoms. The van der Waals surface area contributed by atoms with Crippen molar-refractivity contribution in [2.75, 3.05) is 13.1 Å². The maximum atomic E-state index is 11.2. The van der Waals surface area contributed by atoms with Crippen molar-refractivity contribution in [1.29, 1.82) is 0 Å². The van der Waals surface area contributed by atoms with Crippen LogP contribution in [0.4, 0.5) is 0 Å². The Morgan fingerprint density at radius 3 is 2.33 bits per heavy atom. The van der Waals surface area contributed by atoms with Gasteiger partial charge in [0, 0.05) is 19.5 Å². The highest BCUT2D eigenvalue weighted by Crippen LogP contribution is 2.01. The summed E-state index contributed by atoms with van der Waals surface area (Å²) in [5.41, 5.74) is -0.981. The maximum absolute atomic E-state index is 11.2. The first-order valence-corrected chi connectivity index (χ1v) is 5.15. The molecule has 0 aromatic carbocycles. The molecule has 0 unspecified atom stereocenters. The van der Waals surface area contributed by atoms with E-state index in [-0.39, 0.29) is 5.91 Å². The molecule has 0 fully saturated rings. The molecule has 0 atom stereocenters. The Kier molecular flexibility index (Phi) is 5.93. The van der Waals surface area contributed by atoms with Gasteiger partial charge in [0.15, 0.2) is 0 Å². The standard InChI is InChI=1S/C10H20N2O3/c1-4-6-11-8(13)5-7-12-10(2,3)9(14)15/h12H,4-7H2,1-3H3,(H,11,13)(H,14,15).